The highest BCUT2D eigenvalue weighted by molar-refractivity contribution is 5.71. The van der Waals surface area contributed by atoms with Crippen LogP contribution in [0.4, 0.5) is 5.69 Å². The molecule has 2 aromatic carbocycles. The lowest BCUT2D eigenvalue weighted by molar-refractivity contribution is -0.806. The molecule has 0 radical (unpaired) electrons. The van der Waals surface area contributed by atoms with Gasteiger partial charge in [0.2, 0.25) is 0 Å². The first-order chi connectivity index (χ1) is 10.2. The van der Waals surface area contributed by atoms with Gasteiger partial charge in [-0.3, -0.25) is 4.79 Å². The van der Waals surface area contributed by atoms with Crippen molar-refractivity contribution >= 4 is 11.7 Å². The van der Waals surface area contributed by atoms with Crippen molar-refractivity contribution in [1.29, 1.82) is 0 Å². The Morgan fingerprint density at radius 1 is 1.24 bits per heavy atom. The Morgan fingerprint density at radius 3 is 2.62 bits per heavy atom. The van der Waals surface area contributed by atoms with Crippen molar-refractivity contribution in [3.05, 3.63) is 64.9 Å². The summed E-state index contributed by atoms with van der Waals surface area (Å²) >= 11 is 0. The molecule has 1 aliphatic rings. The summed E-state index contributed by atoms with van der Waals surface area (Å²) < 4.78 is 5.15. The van der Waals surface area contributed by atoms with Crippen molar-refractivity contribution in [2.24, 2.45) is 0 Å². The summed E-state index contributed by atoms with van der Waals surface area (Å²) in [6.45, 7) is 1.76. The molecule has 1 heterocycles. The molecule has 21 heavy (non-hydrogen) atoms. The lowest BCUT2D eigenvalue weighted by Gasteiger charge is -2.25. The largest absolute Gasteiger partial charge is 0.628 e. The third-order valence-electron chi connectivity index (χ3n) is 3.83. The van der Waals surface area contributed by atoms with Crippen molar-refractivity contribution < 1.29 is 14.6 Å². The van der Waals surface area contributed by atoms with E-state index in [0.717, 1.165) is 23.2 Å². The first-order valence-electron chi connectivity index (χ1n) is 7.12. The predicted octanol–water partition coefficient (Wildman–Crippen LogP) is 2.31. The number of carbonyl (C=O) groups is 1. The summed E-state index contributed by atoms with van der Waals surface area (Å²) in [4.78, 5) is 11.2. The molecule has 0 amide bonds. The lowest BCUT2D eigenvalue weighted by Crippen LogP contribution is -3.01. The Bertz CT molecular complexity index is 651. The minimum absolute atomic E-state index is 0.127. The van der Waals surface area contributed by atoms with E-state index in [0.29, 0.717) is 12.2 Å². The predicted molar refractivity (Wildman–Crippen MR) is 79.2 cm³/mol. The van der Waals surface area contributed by atoms with Crippen molar-refractivity contribution in [3.63, 3.8) is 0 Å². The Labute approximate surface area is 123 Å². The average molecular weight is 283 g/mol. The molecule has 0 saturated heterocycles. The zero-order valence-corrected chi connectivity index (χ0v) is 11.8. The summed E-state index contributed by atoms with van der Waals surface area (Å²) in [5, 5.41) is 12.6. The van der Waals surface area contributed by atoms with E-state index in [1.807, 2.05) is 36.4 Å². The standard InChI is InChI=1S/C17H17NO3/c1-2-17(19)21-14-9-7-12(8-10-14)16-11-13-5-3-4-6-15(13)18(16)20/h3-10,16,18H,2,11H2,1H3. The Hall–Kier alpha value is -2.17. The van der Waals surface area contributed by atoms with Gasteiger partial charge in [0.15, 0.2) is 0 Å². The third kappa shape index (κ3) is 2.68. The maximum atomic E-state index is 12.4. The summed E-state index contributed by atoms with van der Waals surface area (Å²) in [6.07, 6.45) is 1.08. The van der Waals surface area contributed by atoms with Gasteiger partial charge in [0, 0.05) is 24.0 Å². The third-order valence-corrected chi connectivity index (χ3v) is 3.83. The fraction of sp³-hybridized carbons (Fsp3) is 0.235. The number of carbonyl (C=O) groups excluding carboxylic acids is 1. The number of hydroxylamine groups is 1. The van der Waals surface area contributed by atoms with Crippen LogP contribution < -0.4 is 9.80 Å². The summed E-state index contributed by atoms with van der Waals surface area (Å²) in [7, 11) is 0. The van der Waals surface area contributed by atoms with Crippen LogP contribution in [0.15, 0.2) is 48.5 Å². The Kier molecular flexibility index (Phi) is 3.73. The summed E-state index contributed by atoms with van der Waals surface area (Å²) in [6, 6.07) is 14.9. The molecule has 2 atom stereocenters. The number of quaternary nitrogens is 1. The van der Waals surface area contributed by atoms with Gasteiger partial charge in [-0.05, 0) is 30.3 Å². The topological polar surface area (TPSA) is 53.8 Å². The molecule has 1 aliphatic heterocycles. The molecule has 0 saturated carbocycles. The van der Waals surface area contributed by atoms with Crippen molar-refractivity contribution in [1.82, 2.24) is 0 Å². The second-order valence-electron chi connectivity index (χ2n) is 5.17. The van der Waals surface area contributed by atoms with Gasteiger partial charge in [-0.25, -0.2) is 0 Å². The summed E-state index contributed by atoms with van der Waals surface area (Å²) in [5.41, 5.74) is 2.89. The highest BCUT2D eigenvalue weighted by atomic mass is 16.5. The van der Waals surface area contributed by atoms with Gasteiger partial charge >= 0.3 is 5.97 Å². The van der Waals surface area contributed by atoms with Gasteiger partial charge in [-0.1, -0.05) is 25.1 Å². The molecule has 1 N–H and O–H groups in total. The first-order valence-corrected chi connectivity index (χ1v) is 7.12. The number of benzene rings is 2. The van der Waals surface area contributed by atoms with Crippen molar-refractivity contribution in [2.75, 3.05) is 0 Å². The number of hydrogen-bond acceptors (Lipinski definition) is 3. The molecule has 3 rings (SSSR count). The molecule has 4 heteroatoms. The molecule has 2 aromatic rings. The van der Waals surface area contributed by atoms with Gasteiger partial charge in [0.1, 0.15) is 17.5 Å². The molecule has 0 bridgehead atoms. The van der Waals surface area contributed by atoms with Crippen LogP contribution in [0.3, 0.4) is 0 Å². The fourth-order valence-corrected chi connectivity index (χ4v) is 2.68. The SMILES string of the molecule is CCC(=O)Oc1ccc(C2Cc3ccccc3[NH+]2[O-])cc1. The number of hydrogen-bond donors (Lipinski definition) is 1. The van der Waals surface area contributed by atoms with Crippen LogP contribution in [0.5, 0.6) is 5.75 Å². The van der Waals surface area contributed by atoms with Gasteiger partial charge in [0.25, 0.3) is 0 Å². The molecule has 0 aliphatic carbocycles. The van der Waals surface area contributed by atoms with E-state index < -0.39 is 0 Å². The fourth-order valence-electron chi connectivity index (χ4n) is 2.68. The summed E-state index contributed by atoms with van der Waals surface area (Å²) in [5.74, 6) is 0.264. The van der Waals surface area contributed by atoms with Crippen LogP contribution in [0.2, 0.25) is 0 Å². The zero-order chi connectivity index (χ0) is 14.8. The molecule has 0 spiro atoms. The van der Waals surface area contributed by atoms with Gasteiger partial charge in [0.05, 0.1) is 0 Å². The Morgan fingerprint density at radius 2 is 1.95 bits per heavy atom. The van der Waals surface area contributed by atoms with Crippen LogP contribution in [-0.4, -0.2) is 5.97 Å². The number of nitrogens with one attached hydrogen (secondary N) is 1. The van der Waals surface area contributed by atoms with Crippen LogP contribution >= 0.6 is 0 Å². The maximum absolute atomic E-state index is 12.4. The van der Waals surface area contributed by atoms with E-state index >= 15 is 0 Å². The van der Waals surface area contributed by atoms with Crippen molar-refractivity contribution in [3.8, 4) is 5.75 Å². The number of ether oxygens (including phenoxy) is 1. The number of para-hydroxylation sites is 1. The number of esters is 1. The van der Waals surface area contributed by atoms with E-state index in [1.165, 1.54) is 0 Å². The van der Waals surface area contributed by atoms with Crippen molar-refractivity contribution in [2.45, 2.75) is 25.8 Å². The molecular formula is C17H17NO3. The Balaban J connectivity index is 1.78. The molecule has 4 nitrogen and oxygen atoms in total. The van der Waals surface area contributed by atoms with E-state index in [4.69, 9.17) is 4.74 Å². The van der Waals surface area contributed by atoms with E-state index in [-0.39, 0.29) is 17.1 Å². The van der Waals surface area contributed by atoms with Crippen LogP contribution in [0, 0.1) is 5.21 Å². The van der Waals surface area contributed by atoms with Gasteiger partial charge in [-0.2, -0.15) is 0 Å². The lowest BCUT2D eigenvalue weighted by atomic mass is 10.0. The normalized spacial score (nSPS) is 20.1. The van der Waals surface area contributed by atoms with E-state index in [1.54, 1.807) is 19.1 Å². The van der Waals surface area contributed by atoms with Crippen LogP contribution in [0.25, 0.3) is 0 Å². The molecule has 0 fully saturated rings. The zero-order valence-electron chi connectivity index (χ0n) is 11.8. The maximum Gasteiger partial charge on any atom is 0.310 e. The average Bonchev–Trinajstić information content (AvgIpc) is 2.85. The smallest absolute Gasteiger partial charge is 0.310 e. The second kappa shape index (κ2) is 5.68. The van der Waals surface area contributed by atoms with Gasteiger partial charge < -0.3 is 15.0 Å². The minimum Gasteiger partial charge on any atom is -0.628 e. The van der Waals surface area contributed by atoms with Gasteiger partial charge in [-0.15, -0.1) is 0 Å². The highest BCUT2D eigenvalue weighted by Crippen LogP contribution is 2.28. The number of fused-ring (bicyclic) bond motifs is 1. The minimum atomic E-state index is -0.257. The first kappa shape index (κ1) is 13.8. The molecule has 0 aromatic heterocycles. The van der Waals surface area contributed by atoms with E-state index in [2.05, 4.69) is 0 Å². The van der Waals surface area contributed by atoms with Crippen LogP contribution in [-0.2, 0) is 11.2 Å². The highest BCUT2D eigenvalue weighted by Gasteiger charge is 2.30. The molecule has 108 valence electrons. The quantitative estimate of drug-likeness (QED) is 0.534. The molecule has 2 unspecified atom stereocenters. The van der Waals surface area contributed by atoms with Crippen LogP contribution in [0.1, 0.15) is 30.5 Å². The molecular weight excluding hydrogens is 266 g/mol. The second-order valence-corrected chi connectivity index (χ2v) is 5.17. The number of rotatable bonds is 3. The monoisotopic (exact) mass is 283 g/mol. The van der Waals surface area contributed by atoms with E-state index in [9.17, 15) is 10.0 Å².